The summed E-state index contributed by atoms with van der Waals surface area (Å²) in [5, 5.41) is 13.1. The van der Waals surface area contributed by atoms with E-state index in [0.29, 0.717) is 23.0 Å². The molecular weight excluding hydrogens is 381 g/mol. The molecule has 27 heavy (non-hydrogen) atoms. The topological polar surface area (TPSA) is 56.1 Å². The Kier molecular flexibility index (Phi) is 6.73. The van der Waals surface area contributed by atoms with E-state index < -0.39 is 0 Å². The number of halogens is 2. The average Bonchev–Trinajstić information content (AvgIpc) is 2.67. The molecule has 1 aliphatic heterocycles. The standard InChI is InChI=1S/C21H21Cl2N3O/c22-19-2-1-3-20(23)18(19)14-26-12-9-16(10-13-26)21(27)25-17-6-4-15(5-7-17)8-11-24/h1-7,16H,8-10,12-14H2,(H,25,27). The van der Waals surface area contributed by atoms with Gasteiger partial charge in [0.25, 0.3) is 0 Å². The highest BCUT2D eigenvalue weighted by atomic mass is 35.5. The maximum atomic E-state index is 12.5. The van der Waals surface area contributed by atoms with Crippen LogP contribution in [-0.2, 0) is 17.8 Å². The summed E-state index contributed by atoms with van der Waals surface area (Å²) in [5.41, 5.74) is 2.66. The lowest BCUT2D eigenvalue weighted by Crippen LogP contribution is -2.37. The summed E-state index contributed by atoms with van der Waals surface area (Å²) in [5.74, 6) is 0.0558. The van der Waals surface area contributed by atoms with Gasteiger partial charge < -0.3 is 5.32 Å². The zero-order valence-corrected chi connectivity index (χ0v) is 16.4. The van der Waals surface area contributed by atoms with Gasteiger partial charge in [0, 0.05) is 33.8 Å². The van der Waals surface area contributed by atoms with E-state index in [9.17, 15) is 4.79 Å². The van der Waals surface area contributed by atoms with Crippen molar-refractivity contribution in [3.05, 3.63) is 63.6 Å². The van der Waals surface area contributed by atoms with Gasteiger partial charge in [0.15, 0.2) is 0 Å². The highest BCUT2D eigenvalue weighted by Gasteiger charge is 2.25. The Balaban J connectivity index is 1.51. The molecule has 0 unspecified atom stereocenters. The number of benzene rings is 2. The molecule has 0 bridgehead atoms. The molecule has 0 spiro atoms. The first-order valence-electron chi connectivity index (χ1n) is 8.99. The number of nitriles is 1. The van der Waals surface area contributed by atoms with Crippen LogP contribution in [0.25, 0.3) is 0 Å². The summed E-state index contributed by atoms with van der Waals surface area (Å²) >= 11 is 12.5. The third-order valence-corrected chi connectivity index (χ3v) is 5.61. The van der Waals surface area contributed by atoms with E-state index >= 15 is 0 Å². The van der Waals surface area contributed by atoms with Crippen LogP contribution in [0.5, 0.6) is 0 Å². The van der Waals surface area contributed by atoms with Gasteiger partial charge in [0.1, 0.15) is 0 Å². The van der Waals surface area contributed by atoms with Crippen molar-refractivity contribution < 1.29 is 4.79 Å². The third-order valence-electron chi connectivity index (χ3n) is 4.91. The highest BCUT2D eigenvalue weighted by Crippen LogP contribution is 2.28. The number of nitrogens with one attached hydrogen (secondary N) is 1. The number of rotatable bonds is 5. The second-order valence-electron chi connectivity index (χ2n) is 6.77. The number of amides is 1. The Morgan fingerprint density at radius 1 is 1.11 bits per heavy atom. The first-order chi connectivity index (χ1) is 13.1. The lowest BCUT2D eigenvalue weighted by Gasteiger charge is -2.31. The van der Waals surface area contributed by atoms with Crippen molar-refractivity contribution in [2.45, 2.75) is 25.8 Å². The van der Waals surface area contributed by atoms with Gasteiger partial charge in [-0.3, -0.25) is 9.69 Å². The van der Waals surface area contributed by atoms with Gasteiger partial charge in [-0.05, 0) is 55.8 Å². The van der Waals surface area contributed by atoms with Crippen LogP contribution in [0.4, 0.5) is 5.69 Å². The van der Waals surface area contributed by atoms with Crippen LogP contribution in [-0.4, -0.2) is 23.9 Å². The molecule has 4 nitrogen and oxygen atoms in total. The van der Waals surface area contributed by atoms with Crippen LogP contribution in [0.3, 0.4) is 0 Å². The molecule has 1 N–H and O–H groups in total. The minimum atomic E-state index is 0.00162. The van der Waals surface area contributed by atoms with E-state index in [1.807, 2.05) is 42.5 Å². The van der Waals surface area contributed by atoms with Crippen LogP contribution in [0, 0.1) is 17.2 Å². The Morgan fingerprint density at radius 3 is 2.33 bits per heavy atom. The van der Waals surface area contributed by atoms with Crippen LogP contribution in [0.1, 0.15) is 24.0 Å². The normalized spacial score (nSPS) is 15.3. The Hall–Kier alpha value is -2.06. The fraction of sp³-hybridized carbons (Fsp3) is 0.333. The zero-order valence-electron chi connectivity index (χ0n) is 14.9. The van der Waals surface area contributed by atoms with E-state index in [2.05, 4.69) is 16.3 Å². The number of nitrogens with zero attached hydrogens (tertiary/aromatic N) is 2. The molecule has 0 saturated carbocycles. The fourth-order valence-corrected chi connectivity index (χ4v) is 3.82. The van der Waals surface area contributed by atoms with Crippen LogP contribution >= 0.6 is 23.2 Å². The number of anilines is 1. The SMILES string of the molecule is N#CCc1ccc(NC(=O)C2CCN(Cc3c(Cl)cccc3Cl)CC2)cc1. The first kappa shape index (κ1) is 19.7. The number of carbonyl (C=O) groups is 1. The summed E-state index contributed by atoms with van der Waals surface area (Å²) in [4.78, 5) is 14.8. The summed E-state index contributed by atoms with van der Waals surface area (Å²) in [6.07, 6.45) is 1.99. The van der Waals surface area contributed by atoms with Gasteiger partial charge in [-0.1, -0.05) is 41.4 Å². The zero-order chi connectivity index (χ0) is 19.2. The van der Waals surface area contributed by atoms with Gasteiger partial charge in [-0.15, -0.1) is 0 Å². The Bertz CT molecular complexity index is 817. The van der Waals surface area contributed by atoms with Crippen molar-refractivity contribution in [3.63, 3.8) is 0 Å². The van der Waals surface area contributed by atoms with E-state index in [-0.39, 0.29) is 11.8 Å². The van der Waals surface area contributed by atoms with Gasteiger partial charge >= 0.3 is 0 Å². The monoisotopic (exact) mass is 401 g/mol. The summed E-state index contributed by atoms with van der Waals surface area (Å²) < 4.78 is 0. The molecule has 6 heteroatoms. The van der Waals surface area contributed by atoms with E-state index in [1.54, 1.807) is 0 Å². The lowest BCUT2D eigenvalue weighted by atomic mass is 9.95. The lowest BCUT2D eigenvalue weighted by molar-refractivity contribution is -0.121. The summed E-state index contributed by atoms with van der Waals surface area (Å²) in [7, 11) is 0. The molecule has 3 rings (SSSR count). The summed E-state index contributed by atoms with van der Waals surface area (Å²) in [6.45, 7) is 2.37. The minimum absolute atomic E-state index is 0.00162. The van der Waals surface area contributed by atoms with Crippen molar-refractivity contribution >= 4 is 34.8 Å². The smallest absolute Gasteiger partial charge is 0.227 e. The predicted octanol–water partition coefficient (Wildman–Crippen LogP) is 4.91. The molecule has 2 aromatic carbocycles. The van der Waals surface area contributed by atoms with Crippen LogP contribution in [0.2, 0.25) is 10.0 Å². The first-order valence-corrected chi connectivity index (χ1v) is 9.74. The number of hydrogen-bond acceptors (Lipinski definition) is 3. The van der Waals surface area contributed by atoms with Crippen molar-refractivity contribution in [2.75, 3.05) is 18.4 Å². The quantitative estimate of drug-likeness (QED) is 0.773. The van der Waals surface area contributed by atoms with Crippen molar-refractivity contribution in [1.29, 1.82) is 5.26 Å². The third kappa shape index (κ3) is 5.23. The largest absolute Gasteiger partial charge is 0.326 e. The highest BCUT2D eigenvalue weighted by molar-refractivity contribution is 6.35. The van der Waals surface area contributed by atoms with E-state index in [1.165, 1.54) is 0 Å². The number of piperidine rings is 1. The van der Waals surface area contributed by atoms with Gasteiger partial charge in [0.05, 0.1) is 12.5 Å². The second-order valence-corrected chi connectivity index (χ2v) is 7.59. The van der Waals surface area contributed by atoms with Gasteiger partial charge in [0.2, 0.25) is 5.91 Å². The minimum Gasteiger partial charge on any atom is -0.326 e. The fourth-order valence-electron chi connectivity index (χ4n) is 3.30. The number of carbonyl (C=O) groups excluding carboxylic acids is 1. The second kappa shape index (κ2) is 9.23. The Morgan fingerprint density at radius 2 is 1.74 bits per heavy atom. The van der Waals surface area contributed by atoms with E-state index in [4.69, 9.17) is 28.5 Å². The molecular formula is C21H21Cl2N3O. The molecule has 140 valence electrons. The van der Waals surface area contributed by atoms with Crippen molar-refractivity contribution in [1.82, 2.24) is 4.90 Å². The number of hydrogen-bond donors (Lipinski definition) is 1. The molecule has 1 amide bonds. The molecule has 1 aliphatic rings. The molecule has 0 aliphatic carbocycles. The summed E-state index contributed by atoms with van der Waals surface area (Å²) in [6, 6.07) is 15.1. The van der Waals surface area contributed by atoms with Crippen molar-refractivity contribution in [2.24, 2.45) is 5.92 Å². The molecule has 2 aromatic rings. The van der Waals surface area contributed by atoms with Gasteiger partial charge in [-0.25, -0.2) is 0 Å². The number of likely N-dealkylation sites (tertiary alicyclic amines) is 1. The van der Waals surface area contributed by atoms with Crippen LogP contribution < -0.4 is 5.32 Å². The molecule has 1 saturated heterocycles. The van der Waals surface area contributed by atoms with Crippen LogP contribution in [0.15, 0.2) is 42.5 Å². The maximum absolute atomic E-state index is 12.5. The molecule has 1 heterocycles. The van der Waals surface area contributed by atoms with E-state index in [0.717, 1.165) is 42.7 Å². The molecule has 1 fully saturated rings. The Labute approximate surface area is 169 Å². The predicted molar refractivity (Wildman–Crippen MR) is 109 cm³/mol. The molecule has 0 aromatic heterocycles. The van der Waals surface area contributed by atoms with Gasteiger partial charge in [-0.2, -0.15) is 5.26 Å². The molecule has 0 radical (unpaired) electrons. The molecule has 0 atom stereocenters. The van der Waals surface area contributed by atoms with Crippen molar-refractivity contribution in [3.8, 4) is 6.07 Å². The average molecular weight is 402 g/mol. The maximum Gasteiger partial charge on any atom is 0.227 e.